The van der Waals surface area contributed by atoms with Gasteiger partial charge in [0.2, 0.25) is 0 Å². The van der Waals surface area contributed by atoms with Crippen LogP contribution >= 0.6 is 0 Å². The third-order valence-corrected chi connectivity index (χ3v) is 5.21. The van der Waals surface area contributed by atoms with Crippen molar-refractivity contribution in [3.8, 4) is 0 Å². The molecule has 4 nitrogen and oxygen atoms in total. The Morgan fingerprint density at radius 2 is 1.67 bits per heavy atom. The average Bonchev–Trinajstić information content (AvgIpc) is 2.55. The van der Waals surface area contributed by atoms with Crippen molar-refractivity contribution in [1.82, 2.24) is 9.80 Å². The van der Waals surface area contributed by atoms with Gasteiger partial charge in [-0.05, 0) is 51.7 Å². The third-order valence-electron chi connectivity index (χ3n) is 5.21. The molecule has 0 N–H and O–H groups in total. The van der Waals surface area contributed by atoms with Crippen LogP contribution in [0.3, 0.4) is 0 Å². The second-order valence-corrected chi connectivity index (χ2v) is 7.58. The summed E-state index contributed by atoms with van der Waals surface area (Å²) in [6, 6.07) is 7.92. The summed E-state index contributed by atoms with van der Waals surface area (Å²) in [5.41, 5.74) is 2.01. The first-order chi connectivity index (χ1) is 11.5. The van der Waals surface area contributed by atoms with Crippen molar-refractivity contribution in [3.05, 3.63) is 35.4 Å². The molecule has 132 valence electrons. The van der Waals surface area contributed by atoms with E-state index < -0.39 is 0 Å². The number of ether oxygens (including phenoxy) is 1. The van der Waals surface area contributed by atoms with Gasteiger partial charge in [-0.2, -0.15) is 0 Å². The molecule has 0 aliphatic carbocycles. The van der Waals surface area contributed by atoms with Crippen LogP contribution in [0.1, 0.15) is 42.6 Å². The number of amides is 1. The van der Waals surface area contributed by atoms with Gasteiger partial charge in [-0.15, -0.1) is 0 Å². The van der Waals surface area contributed by atoms with Crippen molar-refractivity contribution >= 4 is 5.91 Å². The largest absolute Gasteiger partial charge is 0.373 e. The second kappa shape index (κ2) is 7.66. The van der Waals surface area contributed by atoms with Crippen LogP contribution < -0.4 is 0 Å². The molecule has 3 rings (SSSR count). The molecule has 0 unspecified atom stereocenters. The van der Waals surface area contributed by atoms with Gasteiger partial charge in [0, 0.05) is 38.3 Å². The first kappa shape index (κ1) is 17.4. The Hall–Kier alpha value is -1.39. The summed E-state index contributed by atoms with van der Waals surface area (Å²) in [5, 5.41) is 0. The van der Waals surface area contributed by atoms with E-state index in [-0.39, 0.29) is 5.91 Å². The molecule has 4 heteroatoms. The van der Waals surface area contributed by atoms with E-state index in [4.69, 9.17) is 4.74 Å². The maximum atomic E-state index is 12.6. The van der Waals surface area contributed by atoms with E-state index in [1.165, 1.54) is 5.56 Å². The van der Waals surface area contributed by atoms with Crippen molar-refractivity contribution in [2.75, 3.05) is 32.7 Å². The maximum absolute atomic E-state index is 12.6. The first-order valence-electron chi connectivity index (χ1n) is 9.25. The highest BCUT2D eigenvalue weighted by atomic mass is 16.5. The molecule has 2 fully saturated rings. The Kier molecular flexibility index (Phi) is 5.57. The molecule has 2 aliphatic rings. The number of hydrogen-bond donors (Lipinski definition) is 0. The minimum absolute atomic E-state index is 0.182. The Bertz CT molecular complexity index is 539. The summed E-state index contributed by atoms with van der Waals surface area (Å²) in [6.07, 6.45) is 2.88. The van der Waals surface area contributed by atoms with E-state index in [9.17, 15) is 4.79 Å². The van der Waals surface area contributed by atoms with Crippen LogP contribution in [-0.2, 0) is 4.74 Å². The Labute approximate surface area is 145 Å². The fourth-order valence-electron chi connectivity index (χ4n) is 4.00. The van der Waals surface area contributed by atoms with E-state index >= 15 is 0 Å². The van der Waals surface area contributed by atoms with E-state index in [2.05, 4.69) is 18.7 Å². The molecule has 0 radical (unpaired) electrons. The lowest BCUT2D eigenvalue weighted by Gasteiger charge is -2.39. The predicted octanol–water partition coefficient (Wildman–Crippen LogP) is 2.96. The van der Waals surface area contributed by atoms with Crippen LogP contribution in [0.15, 0.2) is 24.3 Å². The SMILES string of the molecule is Cc1ccc(C(=O)N2CCC(CN3C[C@@H](C)O[C@H](C)C3)CC2)cc1. The number of carbonyl (C=O) groups is 1. The topological polar surface area (TPSA) is 32.8 Å². The fraction of sp³-hybridized carbons (Fsp3) is 0.650. The fourth-order valence-corrected chi connectivity index (χ4v) is 4.00. The van der Waals surface area contributed by atoms with Crippen molar-refractivity contribution < 1.29 is 9.53 Å². The average molecular weight is 330 g/mol. The summed E-state index contributed by atoms with van der Waals surface area (Å²) >= 11 is 0. The number of hydrogen-bond acceptors (Lipinski definition) is 3. The predicted molar refractivity (Wildman–Crippen MR) is 96.3 cm³/mol. The summed E-state index contributed by atoms with van der Waals surface area (Å²) < 4.78 is 5.82. The molecule has 2 aliphatic heterocycles. The van der Waals surface area contributed by atoms with Gasteiger partial charge >= 0.3 is 0 Å². The monoisotopic (exact) mass is 330 g/mol. The molecule has 0 spiro atoms. The molecule has 0 bridgehead atoms. The van der Waals surface area contributed by atoms with Crippen molar-refractivity contribution in [1.29, 1.82) is 0 Å². The van der Waals surface area contributed by atoms with Gasteiger partial charge in [-0.3, -0.25) is 9.69 Å². The number of benzene rings is 1. The smallest absolute Gasteiger partial charge is 0.253 e. The van der Waals surface area contributed by atoms with Gasteiger partial charge in [0.1, 0.15) is 0 Å². The van der Waals surface area contributed by atoms with Crippen LogP contribution in [0, 0.1) is 12.8 Å². The maximum Gasteiger partial charge on any atom is 0.253 e. The van der Waals surface area contributed by atoms with Crippen LogP contribution in [0.4, 0.5) is 0 Å². The molecular formula is C20H30N2O2. The zero-order valence-electron chi connectivity index (χ0n) is 15.2. The highest BCUT2D eigenvalue weighted by molar-refractivity contribution is 5.94. The van der Waals surface area contributed by atoms with Gasteiger partial charge in [0.25, 0.3) is 5.91 Å². The Morgan fingerprint density at radius 1 is 1.08 bits per heavy atom. The summed E-state index contributed by atoms with van der Waals surface area (Å²) in [5.74, 6) is 0.881. The molecule has 1 aromatic rings. The van der Waals surface area contributed by atoms with Gasteiger partial charge in [0.15, 0.2) is 0 Å². The number of nitrogens with zero attached hydrogens (tertiary/aromatic N) is 2. The highest BCUT2D eigenvalue weighted by Gasteiger charge is 2.28. The van der Waals surface area contributed by atoms with Crippen LogP contribution in [0.25, 0.3) is 0 Å². The minimum Gasteiger partial charge on any atom is -0.373 e. The van der Waals surface area contributed by atoms with E-state index in [1.54, 1.807) is 0 Å². The molecule has 1 amide bonds. The second-order valence-electron chi connectivity index (χ2n) is 7.58. The quantitative estimate of drug-likeness (QED) is 0.854. The van der Waals surface area contributed by atoms with Gasteiger partial charge in [-0.25, -0.2) is 0 Å². The molecule has 2 atom stereocenters. The Balaban J connectivity index is 1.48. The molecule has 24 heavy (non-hydrogen) atoms. The number of carbonyl (C=O) groups excluding carboxylic acids is 1. The normalized spacial score (nSPS) is 26.5. The van der Waals surface area contributed by atoms with E-state index in [1.807, 2.05) is 36.1 Å². The van der Waals surface area contributed by atoms with Gasteiger partial charge < -0.3 is 9.64 Å². The highest BCUT2D eigenvalue weighted by Crippen LogP contribution is 2.22. The molecule has 2 heterocycles. The number of piperidine rings is 1. The zero-order valence-corrected chi connectivity index (χ0v) is 15.2. The molecule has 1 aromatic carbocycles. The van der Waals surface area contributed by atoms with Crippen molar-refractivity contribution in [2.45, 2.75) is 45.8 Å². The number of morpholine rings is 1. The summed E-state index contributed by atoms with van der Waals surface area (Å²) in [6.45, 7) is 11.3. The molecular weight excluding hydrogens is 300 g/mol. The van der Waals surface area contributed by atoms with Gasteiger partial charge in [0.05, 0.1) is 12.2 Å². The lowest BCUT2D eigenvalue weighted by Crippen LogP contribution is -2.48. The number of likely N-dealkylation sites (tertiary alicyclic amines) is 1. The summed E-state index contributed by atoms with van der Waals surface area (Å²) in [7, 11) is 0. The molecule has 2 saturated heterocycles. The van der Waals surface area contributed by atoms with E-state index in [0.29, 0.717) is 18.1 Å². The Morgan fingerprint density at radius 3 is 2.25 bits per heavy atom. The lowest BCUT2D eigenvalue weighted by atomic mass is 9.95. The standard InChI is InChI=1S/C20H30N2O2/c1-15-4-6-19(7-5-15)20(23)22-10-8-18(9-11-22)14-21-12-16(2)24-17(3)13-21/h4-7,16-18H,8-14H2,1-3H3/t16-,17-/m1/s1. The van der Waals surface area contributed by atoms with Crippen LogP contribution in [0.5, 0.6) is 0 Å². The molecule has 0 saturated carbocycles. The molecule has 0 aromatic heterocycles. The number of aryl methyl sites for hydroxylation is 1. The van der Waals surface area contributed by atoms with Crippen molar-refractivity contribution in [2.24, 2.45) is 5.92 Å². The van der Waals surface area contributed by atoms with Crippen LogP contribution in [0.2, 0.25) is 0 Å². The first-order valence-corrected chi connectivity index (χ1v) is 9.25. The van der Waals surface area contributed by atoms with Crippen LogP contribution in [-0.4, -0.2) is 60.6 Å². The lowest BCUT2D eigenvalue weighted by molar-refractivity contribution is -0.0728. The van der Waals surface area contributed by atoms with E-state index in [0.717, 1.165) is 51.1 Å². The minimum atomic E-state index is 0.182. The zero-order chi connectivity index (χ0) is 17.1. The third kappa shape index (κ3) is 4.37. The van der Waals surface area contributed by atoms with Gasteiger partial charge in [-0.1, -0.05) is 17.7 Å². The van der Waals surface area contributed by atoms with Crippen molar-refractivity contribution in [3.63, 3.8) is 0 Å². The summed E-state index contributed by atoms with van der Waals surface area (Å²) in [4.78, 5) is 17.2. The number of rotatable bonds is 3.